The van der Waals surface area contributed by atoms with Crippen molar-refractivity contribution in [3.05, 3.63) is 29.8 Å². The van der Waals surface area contributed by atoms with Gasteiger partial charge in [0.05, 0.1) is 0 Å². The van der Waals surface area contributed by atoms with Crippen LogP contribution in [0.3, 0.4) is 0 Å². The van der Waals surface area contributed by atoms with E-state index in [9.17, 15) is 9.59 Å². The number of fused-ring (bicyclic) bond motifs is 3. The SMILES string of the molecule is CCCCCCCN1C(=O)C2C(NC3N(c4ccc(C)cc4)CCCN23)N(C)C1=O. The minimum absolute atomic E-state index is 0.0423. The van der Waals surface area contributed by atoms with Gasteiger partial charge in [0.1, 0.15) is 18.5 Å². The van der Waals surface area contributed by atoms with E-state index in [1.807, 2.05) is 7.05 Å². The Balaban J connectivity index is 1.50. The summed E-state index contributed by atoms with van der Waals surface area (Å²) in [7, 11) is 1.82. The maximum atomic E-state index is 13.4. The topological polar surface area (TPSA) is 59.1 Å². The highest BCUT2D eigenvalue weighted by atomic mass is 16.2. The molecule has 1 aromatic carbocycles. The van der Waals surface area contributed by atoms with Crippen molar-refractivity contribution in [2.75, 3.05) is 31.6 Å². The molecule has 4 rings (SSSR count). The molecule has 1 aromatic rings. The van der Waals surface area contributed by atoms with Gasteiger partial charge in [-0.2, -0.15) is 0 Å². The number of amides is 3. The first-order valence-electron chi connectivity index (χ1n) is 11.5. The van der Waals surface area contributed by atoms with E-state index < -0.39 is 0 Å². The van der Waals surface area contributed by atoms with Crippen LogP contribution in [0.15, 0.2) is 24.3 Å². The van der Waals surface area contributed by atoms with Gasteiger partial charge in [-0.1, -0.05) is 50.3 Å². The number of unbranched alkanes of at least 4 members (excludes halogenated alkanes) is 4. The van der Waals surface area contributed by atoms with Crippen LogP contribution in [0.2, 0.25) is 0 Å². The van der Waals surface area contributed by atoms with Crippen LogP contribution in [0.4, 0.5) is 10.5 Å². The van der Waals surface area contributed by atoms with Crippen molar-refractivity contribution >= 4 is 17.6 Å². The molecule has 3 aliphatic rings. The summed E-state index contributed by atoms with van der Waals surface area (Å²) in [4.78, 5) is 34.1. The summed E-state index contributed by atoms with van der Waals surface area (Å²) in [6.45, 7) is 6.59. The highest BCUT2D eigenvalue weighted by Crippen LogP contribution is 2.33. The first-order chi connectivity index (χ1) is 14.5. The fourth-order valence-electron chi connectivity index (χ4n) is 5.00. The van der Waals surface area contributed by atoms with Crippen molar-refractivity contribution < 1.29 is 9.59 Å². The summed E-state index contributed by atoms with van der Waals surface area (Å²) in [5.74, 6) is -0.0423. The van der Waals surface area contributed by atoms with E-state index in [1.54, 1.807) is 4.90 Å². The molecule has 7 nitrogen and oxygen atoms in total. The Bertz CT molecular complexity index is 767. The summed E-state index contributed by atoms with van der Waals surface area (Å²) in [5.41, 5.74) is 2.38. The Morgan fingerprint density at radius 3 is 2.50 bits per heavy atom. The molecule has 0 radical (unpaired) electrons. The molecule has 3 saturated heterocycles. The van der Waals surface area contributed by atoms with Crippen LogP contribution in [0.1, 0.15) is 51.0 Å². The van der Waals surface area contributed by atoms with Gasteiger partial charge >= 0.3 is 6.03 Å². The second-order valence-corrected chi connectivity index (χ2v) is 8.85. The first kappa shape index (κ1) is 21.1. The molecule has 3 amide bonds. The predicted molar refractivity (Wildman–Crippen MR) is 118 cm³/mol. The number of imide groups is 1. The van der Waals surface area contributed by atoms with Gasteiger partial charge in [0, 0.05) is 32.4 Å². The molecule has 3 unspecified atom stereocenters. The number of benzene rings is 1. The van der Waals surface area contributed by atoms with Crippen LogP contribution in [-0.4, -0.2) is 71.8 Å². The van der Waals surface area contributed by atoms with Crippen LogP contribution >= 0.6 is 0 Å². The van der Waals surface area contributed by atoms with E-state index >= 15 is 0 Å². The number of nitrogens with one attached hydrogen (secondary N) is 1. The second kappa shape index (κ2) is 8.94. The summed E-state index contributed by atoms with van der Waals surface area (Å²) in [5, 5.41) is 3.58. The third-order valence-corrected chi connectivity index (χ3v) is 6.72. The van der Waals surface area contributed by atoms with Gasteiger partial charge in [0.25, 0.3) is 5.91 Å². The minimum Gasteiger partial charge on any atom is -0.343 e. The van der Waals surface area contributed by atoms with E-state index in [2.05, 4.69) is 53.2 Å². The first-order valence-corrected chi connectivity index (χ1v) is 11.5. The Morgan fingerprint density at radius 2 is 1.77 bits per heavy atom. The predicted octanol–water partition coefficient (Wildman–Crippen LogP) is 2.95. The largest absolute Gasteiger partial charge is 0.343 e. The van der Waals surface area contributed by atoms with Crippen molar-refractivity contribution in [3.63, 3.8) is 0 Å². The zero-order chi connectivity index (χ0) is 21.3. The molecule has 30 heavy (non-hydrogen) atoms. The van der Waals surface area contributed by atoms with Crippen molar-refractivity contribution in [1.29, 1.82) is 0 Å². The van der Waals surface area contributed by atoms with Gasteiger partial charge in [-0.05, 0) is 31.9 Å². The lowest BCUT2D eigenvalue weighted by Gasteiger charge is -2.44. The van der Waals surface area contributed by atoms with Crippen molar-refractivity contribution in [3.8, 4) is 0 Å². The molecule has 0 spiro atoms. The summed E-state index contributed by atoms with van der Waals surface area (Å²) in [6.07, 6.45) is 6.16. The number of hydrogen-bond acceptors (Lipinski definition) is 5. The van der Waals surface area contributed by atoms with E-state index in [0.29, 0.717) is 6.54 Å². The number of urea groups is 1. The molecule has 0 aliphatic carbocycles. The van der Waals surface area contributed by atoms with Gasteiger partial charge < -0.3 is 9.80 Å². The molecular formula is C23H35N5O2. The van der Waals surface area contributed by atoms with E-state index in [4.69, 9.17) is 0 Å². The highest BCUT2D eigenvalue weighted by Gasteiger charge is 2.55. The molecule has 7 heteroatoms. The molecule has 3 fully saturated rings. The number of nitrogens with zero attached hydrogens (tertiary/aromatic N) is 4. The third-order valence-electron chi connectivity index (χ3n) is 6.72. The molecule has 0 bridgehead atoms. The smallest absolute Gasteiger partial charge is 0.327 e. The normalized spacial score (nSPS) is 26.9. The fraction of sp³-hybridized carbons (Fsp3) is 0.652. The van der Waals surface area contributed by atoms with E-state index in [0.717, 1.165) is 44.5 Å². The van der Waals surface area contributed by atoms with Crippen molar-refractivity contribution in [2.45, 2.75) is 70.9 Å². The van der Waals surface area contributed by atoms with Gasteiger partial charge in [-0.25, -0.2) is 4.79 Å². The molecule has 0 saturated carbocycles. The Hall–Kier alpha value is -2.12. The maximum absolute atomic E-state index is 13.4. The van der Waals surface area contributed by atoms with Crippen LogP contribution in [0.5, 0.6) is 0 Å². The van der Waals surface area contributed by atoms with E-state index in [1.165, 1.54) is 23.3 Å². The van der Waals surface area contributed by atoms with Crippen LogP contribution in [0.25, 0.3) is 0 Å². The average molecular weight is 414 g/mol. The highest BCUT2D eigenvalue weighted by molar-refractivity contribution is 6.00. The Labute approximate surface area is 180 Å². The standard InChI is InChI=1S/C23H35N5O2/c1-4-5-6-7-8-14-28-21(29)19-20(25(3)23(28)30)24-22-26(15-9-16-27(19)22)18-12-10-17(2)11-13-18/h10-13,19-20,22,24H,4-9,14-16H2,1-3H3. The van der Waals surface area contributed by atoms with Crippen LogP contribution in [-0.2, 0) is 4.79 Å². The monoisotopic (exact) mass is 413 g/mol. The van der Waals surface area contributed by atoms with E-state index in [-0.39, 0.29) is 30.4 Å². The molecule has 164 valence electrons. The molecule has 3 aliphatic heterocycles. The Kier molecular flexibility index (Phi) is 6.29. The Morgan fingerprint density at radius 1 is 1.03 bits per heavy atom. The number of aryl methyl sites for hydroxylation is 1. The van der Waals surface area contributed by atoms with Gasteiger partial charge in [0.2, 0.25) is 0 Å². The number of anilines is 1. The zero-order valence-electron chi connectivity index (χ0n) is 18.5. The van der Waals surface area contributed by atoms with Crippen LogP contribution < -0.4 is 10.2 Å². The van der Waals surface area contributed by atoms with Gasteiger partial charge in [0.15, 0.2) is 0 Å². The van der Waals surface area contributed by atoms with Gasteiger partial charge in [-0.3, -0.25) is 19.9 Å². The minimum atomic E-state index is -0.318. The number of likely N-dealkylation sites (N-methyl/N-ethyl adjacent to an activating group) is 1. The van der Waals surface area contributed by atoms with Crippen molar-refractivity contribution in [1.82, 2.24) is 20.0 Å². The molecule has 0 aromatic heterocycles. The number of rotatable bonds is 7. The number of hydrogen-bond donors (Lipinski definition) is 1. The second-order valence-electron chi connectivity index (χ2n) is 8.85. The van der Waals surface area contributed by atoms with Crippen molar-refractivity contribution in [2.24, 2.45) is 0 Å². The third kappa shape index (κ3) is 3.81. The molecule has 3 heterocycles. The molecular weight excluding hydrogens is 378 g/mol. The summed E-state index contributed by atoms with van der Waals surface area (Å²) >= 11 is 0. The van der Waals surface area contributed by atoms with Gasteiger partial charge in [-0.15, -0.1) is 0 Å². The number of carbonyl (C=O) groups excluding carboxylic acids is 2. The molecule has 1 N–H and O–H groups in total. The number of carbonyl (C=O) groups is 2. The lowest BCUT2D eigenvalue weighted by molar-refractivity contribution is -0.138. The zero-order valence-corrected chi connectivity index (χ0v) is 18.5. The lowest BCUT2D eigenvalue weighted by Crippen LogP contribution is -2.66. The quantitative estimate of drug-likeness (QED) is 0.697. The maximum Gasteiger partial charge on any atom is 0.327 e. The van der Waals surface area contributed by atoms with Crippen LogP contribution in [0, 0.1) is 6.92 Å². The summed E-state index contributed by atoms with van der Waals surface area (Å²) < 4.78 is 0. The molecule has 3 atom stereocenters. The lowest BCUT2D eigenvalue weighted by atomic mass is 10.1. The average Bonchev–Trinajstić information content (AvgIpc) is 3.15. The summed E-state index contributed by atoms with van der Waals surface area (Å²) in [6, 6.07) is 8.03. The fourth-order valence-corrected chi connectivity index (χ4v) is 5.00.